The number of nitrogens with one attached hydrogen (secondary N) is 1. The fraction of sp³-hybridized carbons (Fsp3) is 0.667. The van der Waals surface area contributed by atoms with E-state index in [0.717, 1.165) is 29.8 Å². The van der Waals surface area contributed by atoms with Gasteiger partial charge in [-0.25, -0.2) is 4.98 Å². The predicted octanol–water partition coefficient (Wildman–Crippen LogP) is 3.13. The van der Waals surface area contributed by atoms with E-state index in [0.29, 0.717) is 0 Å². The number of nitrogens with zero attached hydrogens (tertiary/aromatic N) is 3. The van der Waals surface area contributed by atoms with Crippen LogP contribution in [0.1, 0.15) is 37.8 Å². The number of anilines is 1. The van der Waals surface area contributed by atoms with Crippen LogP contribution >= 0.6 is 11.3 Å². The first-order chi connectivity index (χ1) is 9.79. The molecule has 2 aromatic heterocycles. The van der Waals surface area contributed by atoms with Crippen molar-refractivity contribution in [2.45, 2.75) is 38.6 Å². The SMILES string of the molecule is CNCc1c(N(C)CC2CCCCC2)nc2sccn12. The van der Waals surface area contributed by atoms with Gasteiger partial charge in [-0.3, -0.25) is 4.40 Å². The summed E-state index contributed by atoms with van der Waals surface area (Å²) < 4.78 is 2.22. The van der Waals surface area contributed by atoms with E-state index in [-0.39, 0.29) is 0 Å². The second kappa shape index (κ2) is 6.14. The van der Waals surface area contributed by atoms with Gasteiger partial charge >= 0.3 is 0 Å². The predicted molar refractivity (Wildman–Crippen MR) is 85.7 cm³/mol. The van der Waals surface area contributed by atoms with E-state index in [1.165, 1.54) is 37.8 Å². The molecule has 5 heteroatoms. The number of aromatic nitrogens is 2. The van der Waals surface area contributed by atoms with E-state index in [4.69, 9.17) is 4.98 Å². The molecule has 0 atom stereocenters. The van der Waals surface area contributed by atoms with Crippen LogP contribution in [0, 0.1) is 5.92 Å². The topological polar surface area (TPSA) is 32.6 Å². The Morgan fingerprint density at radius 3 is 2.95 bits per heavy atom. The summed E-state index contributed by atoms with van der Waals surface area (Å²) in [7, 11) is 4.19. The maximum absolute atomic E-state index is 4.82. The lowest BCUT2D eigenvalue weighted by Crippen LogP contribution is -2.28. The van der Waals surface area contributed by atoms with Crippen molar-refractivity contribution in [3.05, 3.63) is 17.3 Å². The third kappa shape index (κ3) is 2.69. The fourth-order valence-corrected chi connectivity index (χ4v) is 4.03. The first-order valence-corrected chi connectivity index (χ1v) is 8.47. The van der Waals surface area contributed by atoms with Gasteiger partial charge in [0.2, 0.25) is 0 Å². The highest BCUT2D eigenvalue weighted by molar-refractivity contribution is 7.15. The summed E-state index contributed by atoms with van der Waals surface area (Å²) in [6, 6.07) is 0. The van der Waals surface area contributed by atoms with Crippen molar-refractivity contribution in [1.82, 2.24) is 14.7 Å². The maximum Gasteiger partial charge on any atom is 0.195 e. The van der Waals surface area contributed by atoms with E-state index < -0.39 is 0 Å². The molecule has 1 aliphatic rings. The number of hydrogen-bond acceptors (Lipinski definition) is 4. The minimum atomic E-state index is 0.843. The molecule has 0 spiro atoms. The van der Waals surface area contributed by atoms with Crippen molar-refractivity contribution in [2.75, 3.05) is 25.5 Å². The van der Waals surface area contributed by atoms with Gasteiger partial charge in [0, 0.05) is 31.7 Å². The second-order valence-electron chi connectivity index (χ2n) is 5.85. The lowest BCUT2D eigenvalue weighted by molar-refractivity contribution is 0.361. The summed E-state index contributed by atoms with van der Waals surface area (Å²) in [5.41, 5.74) is 1.28. The Bertz CT molecular complexity index is 553. The fourth-order valence-electron chi connectivity index (χ4n) is 3.30. The highest BCUT2D eigenvalue weighted by Gasteiger charge is 2.20. The van der Waals surface area contributed by atoms with Crippen molar-refractivity contribution in [2.24, 2.45) is 5.92 Å². The molecule has 4 nitrogen and oxygen atoms in total. The Balaban J connectivity index is 1.80. The molecule has 20 heavy (non-hydrogen) atoms. The minimum Gasteiger partial charge on any atom is -0.358 e. The van der Waals surface area contributed by atoms with Crippen molar-refractivity contribution in [3.8, 4) is 0 Å². The Hall–Kier alpha value is -1.07. The summed E-state index contributed by atoms with van der Waals surface area (Å²) in [5, 5.41) is 5.37. The van der Waals surface area contributed by atoms with Crippen LogP contribution in [0.15, 0.2) is 11.6 Å². The van der Waals surface area contributed by atoms with E-state index >= 15 is 0 Å². The molecule has 2 aromatic rings. The highest BCUT2D eigenvalue weighted by Crippen LogP contribution is 2.28. The summed E-state index contributed by atoms with van der Waals surface area (Å²) in [6.45, 7) is 2.00. The summed E-state index contributed by atoms with van der Waals surface area (Å²) >= 11 is 1.71. The zero-order chi connectivity index (χ0) is 13.9. The number of rotatable bonds is 5. The summed E-state index contributed by atoms with van der Waals surface area (Å²) in [5.74, 6) is 1.99. The van der Waals surface area contributed by atoms with Gasteiger partial charge in [0.25, 0.3) is 0 Å². The molecule has 0 aromatic carbocycles. The zero-order valence-corrected chi connectivity index (χ0v) is 13.2. The largest absolute Gasteiger partial charge is 0.358 e. The molecule has 1 aliphatic carbocycles. The quantitative estimate of drug-likeness (QED) is 0.919. The van der Waals surface area contributed by atoms with E-state index in [2.05, 4.69) is 33.2 Å². The molecule has 110 valence electrons. The molecule has 0 unspecified atom stereocenters. The third-order valence-electron chi connectivity index (χ3n) is 4.30. The smallest absolute Gasteiger partial charge is 0.195 e. The standard InChI is InChI=1S/C15H24N4S/c1-16-10-13-14(17-15-19(13)8-9-20-15)18(2)11-12-6-4-3-5-7-12/h8-9,12,16H,3-7,10-11H2,1-2H3. The molecule has 0 bridgehead atoms. The lowest BCUT2D eigenvalue weighted by atomic mass is 9.89. The Morgan fingerprint density at radius 1 is 1.40 bits per heavy atom. The van der Waals surface area contributed by atoms with Crippen LogP contribution in [0.2, 0.25) is 0 Å². The highest BCUT2D eigenvalue weighted by atomic mass is 32.1. The van der Waals surface area contributed by atoms with Gasteiger partial charge in [0.15, 0.2) is 10.8 Å². The maximum atomic E-state index is 4.82. The Morgan fingerprint density at radius 2 is 2.20 bits per heavy atom. The molecule has 0 saturated heterocycles. The Labute approximate surface area is 124 Å². The van der Waals surface area contributed by atoms with Crippen LogP contribution in [0.3, 0.4) is 0 Å². The van der Waals surface area contributed by atoms with Gasteiger partial charge in [-0.05, 0) is 25.8 Å². The number of hydrogen-bond donors (Lipinski definition) is 1. The molecule has 1 saturated carbocycles. The average Bonchev–Trinajstić information content (AvgIpc) is 3.03. The lowest BCUT2D eigenvalue weighted by Gasteiger charge is -2.27. The van der Waals surface area contributed by atoms with Crippen LogP contribution in [-0.4, -0.2) is 30.0 Å². The van der Waals surface area contributed by atoms with Gasteiger partial charge in [-0.1, -0.05) is 19.3 Å². The number of fused-ring (bicyclic) bond motifs is 1. The first-order valence-electron chi connectivity index (χ1n) is 7.59. The monoisotopic (exact) mass is 292 g/mol. The molecule has 1 N–H and O–H groups in total. The van der Waals surface area contributed by atoms with E-state index in [9.17, 15) is 0 Å². The molecule has 0 radical (unpaired) electrons. The summed E-state index contributed by atoms with van der Waals surface area (Å²) in [6.07, 6.45) is 9.12. The average molecular weight is 292 g/mol. The van der Waals surface area contributed by atoms with E-state index in [1.807, 2.05) is 7.05 Å². The summed E-state index contributed by atoms with van der Waals surface area (Å²) in [4.78, 5) is 8.29. The van der Waals surface area contributed by atoms with Crippen LogP contribution in [-0.2, 0) is 6.54 Å². The van der Waals surface area contributed by atoms with Crippen molar-refractivity contribution >= 4 is 22.1 Å². The van der Waals surface area contributed by atoms with Gasteiger partial charge in [-0.15, -0.1) is 11.3 Å². The van der Waals surface area contributed by atoms with E-state index in [1.54, 1.807) is 11.3 Å². The van der Waals surface area contributed by atoms with Crippen LogP contribution < -0.4 is 10.2 Å². The first kappa shape index (κ1) is 13.9. The second-order valence-corrected chi connectivity index (χ2v) is 6.73. The van der Waals surface area contributed by atoms with Gasteiger partial charge < -0.3 is 10.2 Å². The molecule has 3 rings (SSSR count). The van der Waals surface area contributed by atoms with Crippen LogP contribution in [0.25, 0.3) is 4.96 Å². The van der Waals surface area contributed by atoms with Gasteiger partial charge in [0.05, 0.1) is 5.69 Å². The molecule has 0 amide bonds. The Kier molecular flexibility index (Phi) is 4.27. The van der Waals surface area contributed by atoms with Crippen molar-refractivity contribution in [1.29, 1.82) is 0 Å². The minimum absolute atomic E-state index is 0.843. The normalized spacial score (nSPS) is 16.9. The van der Waals surface area contributed by atoms with Gasteiger partial charge in [0.1, 0.15) is 0 Å². The van der Waals surface area contributed by atoms with Crippen LogP contribution in [0.5, 0.6) is 0 Å². The van der Waals surface area contributed by atoms with Crippen molar-refractivity contribution in [3.63, 3.8) is 0 Å². The zero-order valence-electron chi connectivity index (χ0n) is 12.4. The third-order valence-corrected chi connectivity index (χ3v) is 5.06. The van der Waals surface area contributed by atoms with Crippen LogP contribution in [0.4, 0.5) is 5.82 Å². The molecule has 2 heterocycles. The molecule has 0 aliphatic heterocycles. The number of thiazole rings is 1. The van der Waals surface area contributed by atoms with Crippen molar-refractivity contribution < 1.29 is 0 Å². The number of imidazole rings is 1. The molecular formula is C15H24N4S. The molecule has 1 fully saturated rings. The molecular weight excluding hydrogens is 268 g/mol. The van der Waals surface area contributed by atoms with Gasteiger partial charge in [-0.2, -0.15) is 0 Å².